The van der Waals surface area contributed by atoms with Gasteiger partial charge in [-0.2, -0.15) is 0 Å². The fourth-order valence-electron chi connectivity index (χ4n) is 2.85. The molecule has 0 amide bonds. The van der Waals surface area contributed by atoms with Crippen molar-refractivity contribution in [2.24, 2.45) is 0 Å². The van der Waals surface area contributed by atoms with Crippen LogP contribution in [0.5, 0.6) is 23.0 Å². The van der Waals surface area contributed by atoms with E-state index in [1.165, 1.54) is 0 Å². The van der Waals surface area contributed by atoms with Crippen LogP contribution in [0.15, 0.2) is 24.3 Å². The molecule has 0 fully saturated rings. The van der Waals surface area contributed by atoms with Crippen LogP contribution < -0.4 is 18.9 Å². The monoisotopic (exact) mass is 316 g/mol. The molecule has 0 unspecified atom stereocenters. The van der Waals surface area contributed by atoms with Gasteiger partial charge >= 0.3 is 0 Å². The molecule has 1 aliphatic heterocycles. The van der Waals surface area contributed by atoms with Gasteiger partial charge in [0.15, 0.2) is 23.0 Å². The standard InChI is InChI=1S/C18H20O5/c1-19-15-5-11-9-23-10-12-6-16(20-2)18(22-4)8-14(12)13(11)7-17(15)21-3/h5-8H,9-10H2,1-4H3. The maximum atomic E-state index is 5.80. The highest BCUT2D eigenvalue weighted by Crippen LogP contribution is 2.42. The van der Waals surface area contributed by atoms with Gasteiger partial charge in [-0.05, 0) is 46.5 Å². The van der Waals surface area contributed by atoms with Gasteiger partial charge in [-0.25, -0.2) is 0 Å². The Morgan fingerprint density at radius 2 is 0.957 bits per heavy atom. The van der Waals surface area contributed by atoms with Crippen molar-refractivity contribution in [3.05, 3.63) is 35.4 Å². The van der Waals surface area contributed by atoms with Crippen LogP contribution in [-0.4, -0.2) is 28.4 Å². The quantitative estimate of drug-likeness (QED) is 0.865. The molecule has 0 radical (unpaired) electrons. The summed E-state index contributed by atoms with van der Waals surface area (Å²) in [4.78, 5) is 0. The van der Waals surface area contributed by atoms with Crippen LogP contribution in [-0.2, 0) is 18.0 Å². The van der Waals surface area contributed by atoms with E-state index >= 15 is 0 Å². The summed E-state index contributed by atoms with van der Waals surface area (Å²) < 4.78 is 27.5. The number of hydrogen-bond donors (Lipinski definition) is 0. The summed E-state index contributed by atoms with van der Waals surface area (Å²) in [6.07, 6.45) is 0. The number of ether oxygens (including phenoxy) is 5. The van der Waals surface area contributed by atoms with E-state index in [4.69, 9.17) is 23.7 Å². The van der Waals surface area contributed by atoms with Crippen molar-refractivity contribution in [1.29, 1.82) is 0 Å². The Morgan fingerprint density at radius 1 is 0.609 bits per heavy atom. The van der Waals surface area contributed by atoms with Gasteiger partial charge in [0.2, 0.25) is 0 Å². The number of fused-ring (bicyclic) bond motifs is 3. The fraction of sp³-hybridized carbons (Fsp3) is 0.333. The van der Waals surface area contributed by atoms with E-state index in [-0.39, 0.29) is 0 Å². The molecule has 0 aliphatic carbocycles. The van der Waals surface area contributed by atoms with E-state index < -0.39 is 0 Å². The Morgan fingerprint density at radius 3 is 1.30 bits per heavy atom. The van der Waals surface area contributed by atoms with Crippen molar-refractivity contribution in [1.82, 2.24) is 0 Å². The normalized spacial score (nSPS) is 12.7. The zero-order valence-electron chi connectivity index (χ0n) is 13.8. The Labute approximate surface area is 135 Å². The average Bonchev–Trinajstić information content (AvgIpc) is 2.77. The minimum atomic E-state index is 0.509. The van der Waals surface area contributed by atoms with Crippen LogP contribution in [0.25, 0.3) is 11.1 Å². The Hall–Kier alpha value is -2.40. The Kier molecular flexibility index (Phi) is 4.30. The zero-order valence-corrected chi connectivity index (χ0v) is 13.8. The Balaban J connectivity index is 2.23. The van der Waals surface area contributed by atoms with E-state index in [1.807, 2.05) is 24.3 Å². The van der Waals surface area contributed by atoms with Crippen LogP contribution in [0.3, 0.4) is 0 Å². The maximum Gasteiger partial charge on any atom is 0.161 e. The first-order valence-corrected chi connectivity index (χ1v) is 7.29. The predicted octanol–water partition coefficient (Wildman–Crippen LogP) is 3.42. The molecule has 1 aliphatic rings. The summed E-state index contributed by atoms with van der Waals surface area (Å²) >= 11 is 0. The number of benzene rings is 2. The number of methoxy groups -OCH3 is 4. The smallest absolute Gasteiger partial charge is 0.161 e. The lowest BCUT2D eigenvalue weighted by molar-refractivity contribution is 0.109. The van der Waals surface area contributed by atoms with Crippen LogP contribution in [0.1, 0.15) is 11.1 Å². The Bertz CT molecular complexity index is 662. The van der Waals surface area contributed by atoms with E-state index in [0.29, 0.717) is 36.2 Å². The molecular weight excluding hydrogens is 296 g/mol. The highest BCUT2D eigenvalue weighted by Gasteiger charge is 2.21. The third kappa shape index (κ3) is 2.68. The molecular formula is C18H20O5. The van der Waals surface area contributed by atoms with Gasteiger partial charge in [-0.3, -0.25) is 0 Å². The van der Waals surface area contributed by atoms with Gasteiger partial charge in [-0.15, -0.1) is 0 Å². The molecule has 122 valence electrons. The van der Waals surface area contributed by atoms with Gasteiger partial charge < -0.3 is 23.7 Å². The van der Waals surface area contributed by atoms with Crippen LogP contribution >= 0.6 is 0 Å². The molecule has 23 heavy (non-hydrogen) atoms. The molecule has 5 nitrogen and oxygen atoms in total. The summed E-state index contributed by atoms with van der Waals surface area (Å²) in [7, 11) is 6.52. The van der Waals surface area contributed by atoms with Gasteiger partial charge in [-0.1, -0.05) is 0 Å². The van der Waals surface area contributed by atoms with E-state index in [9.17, 15) is 0 Å². The van der Waals surface area contributed by atoms with Crippen LogP contribution in [0.4, 0.5) is 0 Å². The summed E-state index contributed by atoms with van der Waals surface area (Å²) in [5.41, 5.74) is 4.20. The fourth-order valence-corrected chi connectivity index (χ4v) is 2.85. The minimum absolute atomic E-state index is 0.509. The largest absolute Gasteiger partial charge is 0.493 e. The summed E-state index contributed by atoms with van der Waals surface area (Å²) in [5, 5.41) is 0. The second-order valence-corrected chi connectivity index (χ2v) is 5.22. The van der Waals surface area contributed by atoms with Crippen molar-refractivity contribution >= 4 is 0 Å². The molecule has 2 aromatic carbocycles. The topological polar surface area (TPSA) is 46.2 Å². The van der Waals surface area contributed by atoms with Crippen molar-refractivity contribution in [2.75, 3.05) is 28.4 Å². The lowest BCUT2D eigenvalue weighted by Gasteiger charge is -2.16. The third-order valence-corrected chi connectivity index (χ3v) is 4.02. The maximum absolute atomic E-state index is 5.80. The lowest BCUT2D eigenvalue weighted by atomic mass is 9.95. The van der Waals surface area contributed by atoms with Gasteiger partial charge in [0.1, 0.15) is 0 Å². The molecule has 0 atom stereocenters. The van der Waals surface area contributed by atoms with Gasteiger partial charge in [0.05, 0.1) is 41.7 Å². The molecule has 5 heteroatoms. The van der Waals surface area contributed by atoms with E-state index in [0.717, 1.165) is 22.3 Å². The molecule has 0 bridgehead atoms. The highest BCUT2D eigenvalue weighted by molar-refractivity contribution is 5.76. The predicted molar refractivity (Wildman–Crippen MR) is 86.6 cm³/mol. The summed E-state index contributed by atoms with van der Waals surface area (Å²) in [5.74, 6) is 2.76. The summed E-state index contributed by atoms with van der Waals surface area (Å²) in [6.45, 7) is 1.02. The van der Waals surface area contributed by atoms with Gasteiger partial charge in [0.25, 0.3) is 0 Å². The second-order valence-electron chi connectivity index (χ2n) is 5.22. The lowest BCUT2D eigenvalue weighted by Crippen LogP contribution is -1.97. The van der Waals surface area contributed by atoms with Crippen molar-refractivity contribution in [3.8, 4) is 34.1 Å². The number of rotatable bonds is 4. The minimum Gasteiger partial charge on any atom is -0.493 e. The molecule has 0 saturated carbocycles. The first-order valence-electron chi connectivity index (χ1n) is 7.29. The van der Waals surface area contributed by atoms with Crippen molar-refractivity contribution < 1.29 is 23.7 Å². The zero-order chi connectivity index (χ0) is 16.4. The molecule has 0 aromatic heterocycles. The van der Waals surface area contributed by atoms with Crippen LogP contribution in [0.2, 0.25) is 0 Å². The molecule has 0 spiro atoms. The third-order valence-electron chi connectivity index (χ3n) is 4.02. The molecule has 2 aromatic rings. The highest BCUT2D eigenvalue weighted by atomic mass is 16.5. The molecule has 1 heterocycles. The first-order chi connectivity index (χ1) is 11.2. The number of hydrogen-bond acceptors (Lipinski definition) is 5. The molecule has 3 rings (SSSR count). The first kappa shape index (κ1) is 15.5. The molecule has 0 saturated heterocycles. The SMILES string of the molecule is COc1cc2c(cc1OC)-c1cc(OC)c(OC)cc1COC2. The van der Waals surface area contributed by atoms with E-state index in [2.05, 4.69) is 0 Å². The van der Waals surface area contributed by atoms with Crippen molar-refractivity contribution in [2.45, 2.75) is 13.2 Å². The van der Waals surface area contributed by atoms with Crippen LogP contribution in [0, 0.1) is 0 Å². The van der Waals surface area contributed by atoms with E-state index in [1.54, 1.807) is 28.4 Å². The van der Waals surface area contributed by atoms with Gasteiger partial charge in [0, 0.05) is 0 Å². The summed E-state index contributed by atoms with van der Waals surface area (Å²) in [6, 6.07) is 7.88. The van der Waals surface area contributed by atoms with Crippen molar-refractivity contribution in [3.63, 3.8) is 0 Å². The average molecular weight is 316 g/mol. The second kappa shape index (κ2) is 6.38. The molecule has 0 N–H and O–H groups in total.